The van der Waals surface area contributed by atoms with Crippen molar-refractivity contribution in [1.82, 2.24) is 5.32 Å². The minimum Gasteiger partial charge on any atom is -0.481 e. The van der Waals surface area contributed by atoms with Crippen LogP contribution in [0.4, 0.5) is 0 Å². The maximum absolute atomic E-state index is 11.6. The molecule has 0 radical (unpaired) electrons. The highest BCUT2D eigenvalue weighted by Gasteiger charge is 2.21. The van der Waals surface area contributed by atoms with Crippen molar-refractivity contribution in [2.24, 2.45) is 5.92 Å². The number of carboxylic acids is 1. The lowest BCUT2D eigenvalue weighted by Crippen LogP contribution is -2.38. The Morgan fingerprint density at radius 2 is 1.88 bits per heavy atom. The Kier molecular flexibility index (Phi) is 6.01. The highest BCUT2D eigenvalue weighted by molar-refractivity contribution is 5.77. The van der Waals surface area contributed by atoms with E-state index in [1.54, 1.807) is 0 Å². The van der Waals surface area contributed by atoms with Crippen LogP contribution in [0.1, 0.15) is 58.3 Å². The molecule has 2 atom stereocenters. The molecule has 0 saturated heterocycles. The van der Waals surface area contributed by atoms with Gasteiger partial charge in [-0.05, 0) is 25.2 Å². The first-order valence-corrected chi connectivity index (χ1v) is 6.60. The molecule has 1 amide bonds. The first-order chi connectivity index (χ1) is 8.09. The fraction of sp³-hybridized carbons (Fsp3) is 0.846. The summed E-state index contributed by atoms with van der Waals surface area (Å²) in [4.78, 5) is 22.0. The molecule has 2 unspecified atom stereocenters. The predicted octanol–water partition coefficient (Wildman–Crippen LogP) is 2.33. The van der Waals surface area contributed by atoms with Crippen molar-refractivity contribution in [3.8, 4) is 0 Å². The van der Waals surface area contributed by atoms with Crippen LogP contribution in [-0.4, -0.2) is 23.0 Å². The van der Waals surface area contributed by atoms with Crippen molar-refractivity contribution < 1.29 is 14.7 Å². The molecule has 1 aliphatic carbocycles. The number of hydrogen-bond acceptors (Lipinski definition) is 2. The molecule has 1 rings (SSSR count). The van der Waals surface area contributed by atoms with Gasteiger partial charge in [-0.2, -0.15) is 0 Å². The molecule has 1 saturated carbocycles. The van der Waals surface area contributed by atoms with Gasteiger partial charge < -0.3 is 10.4 Å². The Bertz CT molecular complexity index is 265. The normalized spacial score (nSPS) is 25.0. The third-order valence-corrected chi connectivity index (χ3v) is 3.50. The van der Waals surface area contributed by atoms with Crippen molar-refractivity contribution >= 4 is 11.9 Å². The summed E-state index contributed by atoms with van der Waals surface area (Å²) in [5.41, 5.74) is 0. The lowest BCUT2D eigenvalue weighted by molar-refractivity contribution is -0.137. The standard InChI is InChI=1S/C13H23NO3/c1-10-6-3-2-4-7-11(10)14-12(15)8-5-9-13(16)17/h10-11H,2-9H2,1H3,(H,14,15)(H,16,17). The molecule has 4 nitrogen and oxygen atoms in total. The second kappa shape index (κ2) is 7.30. The lowest BCUT2D eigenvalue weighted by atomic mass is 9.97. The summed E-state index contributed by atoms with van der Waals surface area (Å²) in [5.74, 6) is -0.286. The highest BCUT2D eigenvalue weighted by Crippen LogP contribution is 2.23. The van der Waals surface area contributed by atoms with Crippen LogP contribution in [0.25, 0.3) is 0 Å². The van der Waals surface area contributed by atoms with Crippen molar-refractivity contribution in [2.45, 2.75) is 64.3 Å². The molecule has 0 heterocycles. The van der Waals surface area contributed by atoms with Gasteiger partial charge in [-0.3, -0.25) is 9.59 Å². The first kappa shape index (κ1) is 14.0. The van der Waals surface area contributed by atoms with Gasteiger partial charge in [0.2, 0.25) is 5.91 Å². The van der Waals surface area contributed by atoms with Gasteiger partial charge in [0, 0.05) is 18.9 Å². The zero-order valence-electron chi connectivity index (χ0n) is 10.6. The van der Waals surface area contributed by atoms with Gasteiger partial charge in [0.05, 0.1) is 0 Å². The van der Waals surface area contributed by atoms with E-state index in [0.29, 0.717) is 18.8 Å². The van der Waals surface area contributed by atoms with E-state index in [9.17, 15) is 9.59 Å². The Labute approximate surface area is 103 Å². The lowest BCUT2D eigenvalue weighted by Gasteiger charge is -2.22. The zero-order valence-corrected chi connectivity index (χ0v) is 10.6. The van der Waals surface area contributed by atoms with E-state index in [2.05, 4.69) is 12.2 Å². The summed E-state index contributed by atoms with van der Waals surface area (Å²) < 4.78 is 0. The SMILES string of the molecule is CC1CCCCCC1NC(=O)CCCC(=O)O. The fourth-order valence-electron chi connectivity index (χ4n) is 2.39. The van der Waals surface area contributed by atoms with Gasteiger partial charge in [0.15, 0.2) is 0 Å². The molecule has 1 aliphatic rings. The summed E-state index contributed by atoms with van der Waals surface area (Å²) >= 11 is 0. The number of nitrogens with one attached hydrogen (secondary N) is 1. The minimum absolute atomic E-state index is 0.00463. The average Bonchev–Trinajstić information content (AvgIpc) is 2.44. The summed E-state index contributed by atoms with van der Waals surface area (Å²) in [6.07, 6.45) is 6.78. The predicted molar refractivity (Wildman–Crippen MR) is 65.7 cm³/mol. The van der Waals surface area contributed by atoms with Gasteiger partial charge in [-0.15, -0.1) is 0 Å². The number of carboxylic acid groups (broad SMARTS) is 1. The average molecular weight is 241 g/mol. The largest absolute Gasteiger partial charge is 0.481 e. The van der Waals surface area contributed by atoms with Crippen LogP contribution < -0.4 is 5.32 Å². The molecule has 0 aromatic heterocycles. The summed E-state index contributed by atoms with van der Waals surface area (Å²) in [6.45, 7) is 2.19. The fourth-order valence-corrected chi connectivity index (χ4v) is 2.39. The number of aliphatic carboxylic acids is 1. The van der Waals surface area contributed by atoms with Gasteiger partial charge >= 0.3 is 5.97 Å². The van der Waals surface area contributed by atoms with E-state index < -0.39 is 5.97 Å². The monoisotopic (exact) mass is 241 g/mol. The minimum atomic E-state index is -0.833. The second-order valence-corrected chi connectivity index (χ2v) is 5.04. The quantitative estimate of drug-likeness (QED) is 0.726. The van der Waals surface area contributed by atoms with Crippen LogP contribution in [0.15, 0.2) is 0 Å². The van der Waals surface area contributed by atoms with Crippen LogP contribution in [0.2, 0.25) is 0 Å². The molecule has 17 heavy (non-hydrogen) atoms. The van der Waals surface area contributed by atoms with E-state index in [-0.39, 0.29) is 18.4 Å². The zero-order chi connectivity index (χ0) is 12.7. The van der Waals surface area contributed by atoms with E-state index in [1.165, 1.54) is 25.7 Å². The Morgan fingerprint density at radius 1 is 1.18 bits per heavy atom. The van der Waals surface area contributed by atoms with Crippen molar-refractivity contribution in [3.63, 3.8) is 0 Å². The van der Waals surface area contributed by atoms with Gasteiger partial charge in [0.1, 0.15) is 0 Å². The van der Waals surface area contributed by atoms with Crippen LogP contribution in [0, 0.1) is 5.92 Å². The second-order valence-electron chi connectivity index (χ2n) is 5.04. The summed E-state index contributed by atoms with van der Waals surface area (Å²) in [6, 6.07) is 0.287. The number of rotatable bonds is 5. The van der Waals surface area contributed by atoms with E-state index >= 15 is 0 Å². The number of carbonyl (C=O) groups excluding carboxylic acids is 1. The highest BCUT2D eigenvalue weighted by atomic mass is 16.4. The molecule has 0 aromatic carbocycles. The number of amides is 1. The Balaban J connectivity index is 2.26. The third-order valence-electron chi connectivity index (χ3n) is 3.50. The van der Waals surface area contributed by atoms with Crippen LogP contribution in [0.5, 0.6) is 0 Å². The maximum Gasteiger partial charge on any atom is 0.303 e. The molecule has 0 aliphatic heterocycles. The third kappa shape index (κ3) is 5.71. The van der Waals surface area contributed by atoms with Gasteiger partial charge in [-0.25, -0.2) is 0 Å². The molecule has 0 aromatic rings. The van der Waals surface area contributed by atoms with E-state index in [1.807, 2.05) is 0 Å². The number of hydrogen-bond donors (Lipinski definition) is 2. The molecule has 0 spiro atoms. The topological polar surface area (TPSA) is 66.4 Å². The molecular weight excluding hydrogens is 218 g/mol. The first-order valence-electron chi connectivity index (χ1n) is 6.60. The van der Waals surface area contributed by atoms with E-state index in [4.69, 9.17) is 5.11 Å². The van der Waals surface area contributed by atoms with Gasteiger partial charge in [0.25, 0.3) is 0 Å². The molecule has 2 N–H and O–H groups in total. The summed E-state index contributed by atoms with van der Waals surface area (Å²) in [5, 5.41) is 11.5. The molecule has 0 bridgehead atoms. The molecule has 1 fully saturated rings. The van der Waals surface area contributed by atoms with Crippen LogP contribution in [-0.2, 0) is 9.59 Å². The van der Waals surface area contributed by atoms with Crippen LogP contribution >= 0.6 is 0 Å². The molecule has 98 valence electrons. The molecular formula is C13H23NO3. The molecule has 4 heteroatoms. The number of carbonyl (C=O) groups is 2. The Morgan fingerprint density at radius 3 is 2.59 bits per heavy atom. The van der Waals surface area contributed by atoms with Crippen molar-refractivity contribution in [3.05, 3.63) is 0 Å². The van der Waals surface area contributed by atoms with Crippen LogP contribution in [0.3, 0.4) is 0 Å². The maximum atomic E-state index is 11.6. The smallest absolute Gasteiger partial charge is 0.303 e. The summed E-state index contributed by atoms with van der Waals surface area (Å²) in [7, 11) is 0. The Hall–Kier alpha value is -1.06. The van der Waals surface area contributed by atoms with Crippen molar-refractivity contribution in [1.29, 1.82) is 0 Å². The van der Waals surface area contributed by atoms with Crippen molar-refractivity contribution in [2.75, 3.05) is 0 Å². The van der Waals surface area contributed by atoms with Gasteiger partial charge in [-0.1, -0.05) is 26.2 Å². The van der Waals surface area contributed by atoms with E-state index in [0.717, 1.165) is 6.42 Å².